The van der Waals surface area contributed by atoms with Crippen LogP contribution in [-0.4, -0.2) is 16.5 Å². The fraction of sp³-hybridized carbons (Fsp3) is 0.190. The highest BCUT2D eigenvalue weighted by atomic mass is 35.5. The Kier molecular flexibility index (Phi) is 4.84. The Hall–Kier alpha value is -3.17. The second-order valence-corrected chi connectivity index (χ2v) is 7.11. The maximum atomic E-state index is 14.2. The van der Waals surface area contributed by atoms with E-state index in [1.807, 2.05) is 19.1 Å². The summed E-state index contributed by atoms with van der Waals surface area (Å²) in [6.07, 6.45) is 4.10. The second kappa shape index (κ2) is 7.45. The molecule has 7 heteroatoms. The number of anilines is 3. The lowest BCUT2D eigenvalue weighted by Crippen LogP contribution is -2.32. The van der Waals surface area contributed by atoms with Crippen molar-refractivity contribution >= 4 is 28.8 Å². The molecule has 0 radical (unpaired) electrons. The van der Waals surface area contributed by atoms with Gasteiger partial charge in [0.25, 0.3) is 0 Å². The van der Waals surface area contributed by atoms with Gasteiger partial charge in [0.2, 0.25) is 0 Å². The molecule has 0 unspecified atom stereocenters. The average Bonchev–Trinajstić information content (AvgIpc) is 2.71. The first-order valence-electron chi connectivity index (χ1n) is 8.85. The molecule has 0 atom stereocenters. The van der Waals surface area contributed by atoms with Crippen LogP contribution in [0, 0.1) is 24.1 Å². The number of pyridine rings is 2. The van der Waals surface area contributed by atoms with Crippen molar-refractivity contribution in [2.75, 3.05) is 16.8 Å². The molecule has 0 bridgehead atoms. The van der Waals surface area contributed by atoms with Crippen molar-refractivity contribution in [1.82, 2.24) is 9.97 Å². The van der Waals surface area contributed by atoms with Gasteiger partial charge in [0.15, 0.2) is 5.82 Å². The standard InChI is InChI=1S/C21H17ClFN5/c1-13-7-14(9-24)10-26-21(13)28-6-5-18-15(12-28)8-16(11-25-18)27-19-4-2-3-17(22)20(19)23/h2-4,7-8,10-11,27H,5-6,12H2,1H3. The van der Waals surface area contributed by atoms with Crippen LogP contribution in [0.1, 0.15) is 22.4 Å². The van der Waals surface area contributed by atoms with Crippen LogP contribution < -0.4 is 10.2 Å². The Balaban J connectivity index is 1.59. The third kappa shape index (κ3) is 3.49. The van der Waals surface area contributed by atoms with E-state index < -0.39 is 5.82 Å². The zero-order valence-electron chi connectivity index (χ0n) is 15.2. The summed E-state index contributed by atoms with van der Waals surface area (Å²) in [4.78, 5) is 11.2. The zero-order valence-corrected chi connectivity index (χ0v) is 16.0. The summed E-state index contributed by atoms with van der Waals surface area (Å²) >= 11 is 5.85. The van der Waals surface area contributed by atoms with Gasteiger partial charge in [-0.05, 0) is 42.3 Å². The van der Waals surface area contributed by atoms with Crippen LogP contribution >= 0.6 is 11.6 Å². The number of nitriles is 1. The Morgan fingerprint density at radius 1 is 1.25 bits per heavy atom. The number of rotatable bonds is 3. The molecule has 1 N–H and O–H groups in total. The van der Waals surface area contributed by atoms with E-state index in [-0.39, 0.29) is 5.02 Å². The molecule has 0 fully saturated rings. The van der Waals surface area contributed by atoms with E-state index in [0.717, 1.165) is 35.6 Å². The Morgan fingerprint density at radius 3 is 2.89 bits per heavy atom. The molecule has 3 heterocycles. The van der Waals surface area contributed by atoms with Gasteiger partial charge in [-0.25, -0.2) is 9.37 Å². The average molecular weight is 394 g/mol. The monoisotopic (exact) mass is 393 g/mol. The van der Waals surface area contributed by atoms with Gasteiger partial charge in [-0.15, -0.1) is 0 Å². The third-order valence-corrected chi connectivity index (χ3v) is 5.04. The highest BCUT2D eigenvalue weighted by molar-refractivity contribution is 6.31. The predicted octanol–water partition coefficient (Wildman–Crippen LogP) is 4.76. The minimum atomic E-state index is -0.485. The third-order valence-electron chi connectivity index (χ3n) is 4.75. The molecule has 140 valence electrons. The maximum Gasteiger partial charge on any atom is 0.165 e. The van der Waals surface area contributed by atoms with Gasteiger partial charge in [-0.1, -0.05) is 17.7 Å². The summed E-state index contributed by atoms with van der Waals surface area (Å²) in [6.45, 7) is 3.40. The molecule has 5 nitrogen and oxygen atoms in total. The second-order valence-electron chi connectivity index (χ2n) is 6.70. The van der Waals surface area contributed by atoms with Gasteiger partial charge < -0.3 is 10.2 Å². The largest absolute Gasteiger partial charge is 0.352 e. The van der Waals surface area contributed by atoms with Crippen molar-refractivity contribution in [3.8, 4) is 6.07 Å². The molecule has 3 aromatic rings. The van der Waals surface area contributed by atoms with E-state index in [0.29, 0.717) is 23.5 Å². The lowest BCUT2D eigenvalue weighted by atomic mass is 10.0. The summed E-state index contributed by atoms with van der Waals surface area (Å²) in [5.74, 6) is 0.379. The fourth-order valence-electron chi connectivity index (χ4n) is 3.39. The van der Waals surface area contributed by atoms with E-state index in [2.05, 4.69) is 26.3 Å². The van der Waals surface area contributed by atoms with Crippen molar-refractivity contribution in [2.24, 2.45) is 0 Å². The van der Waals surface area contributed by atoms with E-state index in [1.165, 1.54) is 6.07 Å². The van der Waals surface area contributed by atoms with Crippen molar-refractivity contribution in [1.29, 1.82) is 5.26 Å². The van der Waals surface area contributed by atoms with Crippen molar-refractivity contribution in [3.63, 3.8) is 0 Å². The van der Waals surface area contributed by atoms with E-state index in [9.17, 15) is 4.39 Å². The number of benzene rings is 1. The Bertz CT molecular complexity index is 1090. The van der Waals surface area contributed by atoms with Crippen LogP contribution in [0.2, 0.25) is 5.02 Å². The maximum absolute atomic E-state index is 14.2. The number of aromatic nitrogens is 2. The molecule has 0 aliphatic carbocycles. The number of hydrogen-bond donors (Lipinski definition) is 1. The molecule has 1 aliphatic rings. The topological polar surface area (TPSA) is 64.8 Å². The van der Waals surface area contributed by atoms with Crippen molar-refractivity contribution in [2.45, 2.75) is 19.9 Å². The number of nitrogens with one attached hydrogen (secondary N) is 1. The minimum absolute atomic E-state index is 0.0736. The van der Waals surface area contributed by atoms with Crippen LogP contribution in [0.4, 0.5) is 21.6 Å². The first-order valence-corrected chi connectivity index (χ1v) is 9.23. The minimum Gasteiger partial charge on any atom is -0.352 e. The molecular formula is C21H17ClFN5. The molecule has 1 aliphatic heterocycles. The number of hydrogen-bond acceptors (Lipinski definition) is 5. The molecule has 28 heavy (non-hydrogen) atoms. The van der Waals surface area contributed by atoms with Gasteiger partial charge in [0.1, 0.15) is 11.9 Å². The molecule has 2 aromatic heterocycles. The van der Waals surface area contributed by atoms with Crippen LogP contribution in [0.3, 0.4) is 0 Å². The predicted molar refractivity (Wildman–Crippen MR) is 107 cm³/mol. The lowest BCUT2D eigenvalue weighted by Gasteiger charge is -2.30. The Labute approximate surface area is 167 Å². The number of fused-ring (bicyclic) bond motifs is 1. The first-order chi connectivity index (χ1) is 13.5. The summed E-state index contributed by atoms with van der Waals surface area (Å²) in [5.41, 5.74) is 4.61. The molecule has 0 amide bonds. The molecule has 4 rings (SSSR count). The number of halogens is 2. The fourth-order valence-corrected chi connectivity index (χ4v) is 3.57. The normalized spacial score (nSPS) is 13.0. The smallest absolute Gasteiger partial charge is 0.165 e. The van der Waals surface area contributed by atoms with Crippen LogP contribution in [0.5, 0.6) is 0 Å². The highest BCUT2D eigenvalue weighted by Crippen LogP contribution is 2.29. The first kappa shape index (κ1) is 18.2. The van der Waals surface area contributed by atoms with Crippen LogP contribution in [0.15, 0.2) is 42.7 Å². The molecule has 0 saturated carbocycles. The quantitative estimate of drug-likeness (QED) is 0.695. The van der Waals surface area contributed by atoms with Crippen LogP contribution in [0.25, 0.3) is 0 Å². The summed E-state index contributed by atoms with van der Waals surface area (Å²) in [6, 6.07) is 10.8. The van der Waals surface area contributed by atoms with Gasteiger partial charge >= 0.3 is 0 Å². The molecule has 0 saturated heterocycles. The summed E-state index contributed by atoms with van der Waals surface area (Å²) < 4.78 is 14.2. The van der Waals surface area contributed by atoms with Gasteiger partial charge in [0.05, 0.1) is 28.2 Å². The lowest BCUT2D eigenvalue weighted by molar-refractivity contribution is 0.632. The molecule has 1 aromatic carbocycles. The van der Waals surface area contributed by atoms with E-state index in [1.54, 1.807) is 24.5 Å². The van der Waals surface area contributed by atoms with E-state index >= 15 is 0 Å². The van der Waals surface area contributed by atoms with E-state index in [4.69, 9.17) is 16.9 Å². The van der Waals surface area contributed by atoms with Crippen LogP contribution in [-0.2, 0) is 13.0 Å². The Morgan fingerprint density at radius 2 is 2.11 bits per heavy atom. The summed E-state index contributed by atoms with van der Waals surface area (Å²) in [5, 5.41) is 12.2. The van der Waals surface area contributed by atoms with Gasteiger partial charge in [0, 0.05) is 31.4 Å². The zero-order chi connectivity index (χ0) is 19.7. The van der Waals surface area contributed by atoms with Gasteiger partial charge in [-0.2, -0.15) is 5.26 Å². The summed E-state index contributed by atoms with van der Waals surface area (Å²) in [7, 11) is 0. The van der Waals surface area contributed by atoms with Crippen molar-refractivity contribution < 1.29 is 4.39 Å². The molecular weight excluding hydrogens is 377 g/mol. The van der Waals surface area contributed by atoms with Gasteiger partial charge in [-0.3, -0.25) is 4.98 Å². The number of nitrogens with zero attached hydrogens (tertiary/aromatic N) is 4. The van der Waals surface area contributed by atoms with Crippen molar-refractivity contribution in [3.05, 3.63) is 75.9 Å². The number of aryl methyl sites for hydroxylation is 1. The SMILES string of the molecule is Cc1cc(C#N)cnc1N1CCc2ncc(Nc3cccc(Cl)c3F)cc2C1. The highest BCUT2D eigenvalue weighted by Gasteiger charge is 2.20. The molecule has 0 spiro atoms.